The molecule has 0 spiro atoms. The fourth-order valence-electron chi connectivity index (χ4n) is 2.64. The van der Waals surface area contributed by atoms with Gasteiger partial charge >= 0.3 is 0 Å². The smallest absolute Gasteiger partial charge is 0.271 e. The Kier molecular flexibility index (Phi) is 4.83. The Bertz CT molecular complexity index is 908. The monoisotopic (exact) mass is 353 g/mol. The predicted octanol–water partition coefficient (Wildman–Crippen LogP) is 3.73. The maximum atomic E-state index is 11.0. The molecule has 1 aromatic heterocycles. The summed E-state index contributed by atoms with van der Waals surface area (Å²) in [6.07, 6.45) is 7.70. The van der Waals surface area contributed by atoms with Crippen LogP contribution in [0.15, 0.2) is 48.3 Å². The van der Waals surface area contributed by atoms with E-state index in [4.69, 9.17) is 4.74 Å². The Morgan fingerprint density at radius 2 is 2.15 bits per heavy atom. The van der Waals surface area contributed by atoms with Gasteiger partial charge in [-0.2, -0.15) is 4.98 Å². The summed E-state index contributed by atoms with van der Waals surface area (Å²) in [5, 5.41) is 14.0. The molecule has 2 heterocycles. The van der Waals surface area contributed by atoms with Crippen LogP contribution in [-0.4, -0.2) is 28.5 Å². The zero-order valence-electron chi connectivity index (χ0n) is 14.8. The first kappa shape index (κ1) is 17.4. The minimum atomic E-state index is -0.459. The van der Waals surface area contributed by atoms with Crippen molar-refractivity contribution < 1.29 is 9.66 Å². The van der Waals surface area contributed by atoms with E-state index in [2.05, 4.69) is 28.3 Å². The first-order valence-electron chi connectivity index (χ1n) is 8.01. The maximum absolute atomic E-state index is 11.0. The van der Waals surface area contributed by atoms with E-state index in [0.29, 0.717) is 17.4 Å². The molecule has 0 saturated carbocycles. The van der Waals surface area contributed by atoms with Crippen molar-refractivity contribution in [1.82, 2.24) is 9.97 Å². The van der Waals surface area contributed by atoms with E-state index in [0.717, 1.165) is 17.9 Å². The van der Waals surface area contributed by atoms with Crippen LogP contribution in [0, 0.1) is 17.0 Å². The second kappa shape index (κ2) is 7.22. The average Bonchev–Trinajstić information content (AvgIpc) is 2.63. The fourth-order valence-corrected chi connectivity index (χ4v) is 2.64. The number of anilines is 3. The SMILES string of the molecule is COc1ccc([N+](=O)[O-])cc1Nc1ncc(C)c(N2C=CC=C(C)C2)n1. The quantitative estimate of drug-likeness (QED) is 0.646. The highest BCUT2D eigenvalue weighted by atomic mass is 16.6. The summed E-state index contributed by atoms with van der Waals surface area (Å²) in [7, 11) is 1.50. The van der Waals surface area contributed by atoms with Crippen molar-refractivity contribution in [1.29, 1.82) is 0 Å². The molecule has 2 aromatic rings. The summed E-state index contributed by atoms with van der Waals surface area (Å²) >= 11 is 0. The number of aromatic nitrogens is 2. The number of rotatable bonds is 5. The first-order valence-corrected chi connectivity index (χ1v) is 8.01. The molecular weight excluding hydrogens is 334 g/mol. The molecule has 1 aliphatic heterocycles. The number of nitro benzene ring substituents is 1. The lowest BCUT2D eigenvalue weighted by Gasteiger charge is -2.24. The molecular formula is C18H19N5O3. The predicted molar refractivity (Wildman–Crippen MR) is 99.9 cm³/mol. The highest BCUT2D eigenvalue weighted by Crippen LogP contribution is 2.31. The zero-order valence-corrected chi connectivity index (χ0v) is 14.8. The first-order chi connectivity index (χ1) is 12.5. The molecule has 3 rings (SSSR count). The lowest BCUT2D eigenvalue weighted by molar-refractivity contribution is -0.384. The normalized spacial score (nSPS) is 13.3. The van der Waals surface area contributed by atoms with Gasteiger partial charge in [-0.1, -0.05) is 11.6 Å². The van der Waals surface area contributed by atoms with Gasteiger partial charge in [0.1, 0.15) is 11.6 Å². The largest absolute Gasteiger partial charge is 0.495 e. The Hall–Kier alpha value is -3.42. The van der Waals surface area contributed by atoms with Gasteiger partial charge in [0.15, 0.2) is 0 Å². The van der Waals surface area contributed by atoms with Crippen LogP contribution >= 0.6 is 0 Å². The van der Waals surface area contributed by atoms with Gasteiger partial charge in [0.05, 0.1) is 17.7 Å². The molecule has 134 valence electrons. The third-order valence-corrected chi connectivity index (χ3v) is 3.92. The van der Waals surface area contributed by atoms with E-state index in [1.54, 1.807) is 6.20 Å². The van der Waals surface area contributed by atoms with Crippen LogP contribution in [0.25, 0.3) is 0 Å². The van der Waals surface area contributed by atoms with Crippen LogP contribution in [0.3, 0.4) is 0 Å². The zero-order chi connectivity index (χ0) is 18.7. The number of allylic oxidation sites excluding steroid dienone is 2. The molecule has 8 nitrogen and oxygen atoms in total. The standard InChI is InChI=1S/C18H19N5O3/c1-12-5-4-8-22(11-12)17-13(2)10-19-18(21-17)20-15-9-14(23(24)25)6-7-16(15)26-3/h4-10H,11H2,1-3H3,(H,19,20,21). The molecule has 1 aliphatic rings. The van der Waals surface area contributed by atoms with Gasteiger partial charge in [0.25, 0.3) is 5.69 Å². The van der Waals surface area contributed by atoms with Crippen molar-refractivity contribution in [2.75, 3.05) is 23.9 Å². The topological polar surface area (TPSA) is 93.4 Å². The van der Waals surface area contributed by atoms with Crippen LogP contribution in [-0.2, 0) is 0 Å². The number of aryl methyl sites for hydroxylation is 1. The molecule has 0 radical (unpaired) electrons. The van der Waals surface area contributed by atoms with E-state index >= 15 is 0 Å². The van der Waals surface area contributed by atoms with Crippen LogP contribution < -0.4 is 15.0 Å². The minimum absolute atomic E-state index is 0.0413. The number of ether oxygens (including phenoxy) is 1. The van der Waals surface area contributed by atoms with Crippen LogP contribution in [0.4, 0.5) is 23.1 Å². The average molecular weight is 353 g/mol. The molecule has 1 N–H and O–H groups in total. The van der Waals surface area contributed by atoms with Crippen molar-refractivity contribution in [3.05, 3.63) is 64.0 Å². The molecule has 0 aliphatic carbocycles. The van der Waals surface area contributed by atoms with Crippen LogP contribution in [0.1, 0.15) is 12.5 Å². The molecule has 0 bridgehead atoms. The number of nitrogens with one attached hydrogen (secondary N) is 1. The van der Waals surface area contributed by atoms with Crippen LogP contribution in [0.2, 0.25) is 0 Å². The van der Waals surface area contributed by atoms with Gasteiger partial charge in [-0.25, -0.2) is 4.98 Å². The molecule has 0 unspecified atom stereocenters. The lowest BCUT2D eigenvalue weighted by atomic mass is 10.2. The number of methoxy groups -OCH3 is 1. The van der Waals surface area contributed by atoms with Crippen molar-refractivity contribution >= 4 is 23.1 Å². The third kappa shape index (κ3) is 3.64. The van der Waals surface area contributed by atoms with Crippen molar-refractivity contribution in [3.8, 4) is 5.75 Å². The number of benzene rings is 1. The maximum Gasteiger partial charge on any atom is 0.271 e. The number of nitro groups is 1. The Morgan fingerprint density at radius 3 is 2.85 bits per heavy atom. The van der Waals surface area contributed by atoms with E-state index in [1.807, 2.05) is 24.1 Å². The van der Waals surface area contributed by atoms with Gasteiger partial charge in [0, 0.05) is 36.6 Å². The molecule has 0 amide bonds. The molecule has 0 saturated heterocycles. The summed E-state index contributed by atoms with van der Waals surface area (Å²) < 4.78 is 5.27. The highest BCUT2D eigenvalue weighted by molar-refractivity contribution is 5.67. The number of hydrogen-bond acceptors (Lipinski definition) is 7. The number of hydrogen-bond donors (Lipinski definition) is 1. The van der Waals surface area contributed by atoms with Gasteiger partial charge in [-0.05, 0) is 26.0 Å². The third-order valence-electron chi connectivity index (χ3n) is 3.92. The summed E-state index contributed by atoms with van der Waals surface area (Å²) in [6, 6.07) is 4.32. The number of nitrogens with zero attached hydrogens (tertiary/aromatic N) is 4. The van der Waals surface area contributed by atoms with Crippen LogP contribution in [0.5, 0.6) is 5.75 Å². The number of non-ortho nitro benzene ring substituents is 1. The summed E-state index contributed by atoms with van der Waals surface area (Å²) in [6.45, 7) is 4.74. The van der Waals surface area contributed by atoms with E-state index in [1.165, 1.54) is 30.9 Å². The van der Waals surface area contributed by atoms with E-state index in [-0.39, 0.29) is 5.69 Å². The van der Waals surface area contributed by atoms with Gasteiger partial charge in [-0.15, -0.1) is 0 Å². The van der Waals surface area contributed by atoms with Gasteiger partial charge in [-0.3, -0.25) is 10.1 Å². The summed E-state index contributed by atoms with van der Waals surface area (Å²) in [5.41, 5.74) is 2.54. The molecule has 0 fully saturated rings. The van der Waals surface area contributed by atoms with Crippen molar-refractivity contribution in [2.45, 2.75) is 13.8 Å². The minimum Gasteiger partial charge on any atom is -0.495 e. The molecule has 26 heavy (non-hydrogen) atoms. The Morgan fingerprint density at radius 1 is 1.35 bits per heavy atom. The molecule has 0 atom stereocenters. The second-order valence-corrected chi connectivity index (χ2v) is 5.95. The van der Waals surface area contributed by atoms with Gasteiger partial charge in [0.2, 0.25) is 5.95 Å². The fraction of sp³-hybridized carbons (Fsp3) is 0.222. The van der Waals surface area contributed by atoms with Gasteiger partial charge < -0.3 is 15.0 Å². The van der Waals surface area contributed by atoms with Crippen molar-refractivity contribution in [3.63, 3.8) is 0 Å². The lowest BCUT2D eigenvalue weighted by Crippen LogP contribution is -2.23. The molecule has 8 heteroatoms. The van der Waals surface area contributed by atoms with Crippen molar-refractivity contribution in [2.24, 2.45) is 0 Å². The highest BCUT2D eigenvalue weighted by Gasteiger charge is 2.15. The van der Waals surface area contributed by atoms with E-state index < -0.39 is 4.92 Å². The summed E-state index contributed by atoms with van der Waals surface area (Å²) in [4.78, 5) is 21.5. The molecule has 1 aromatic carbocycles. The second-order valence-electron chi connectivity index (χ2n) is 5.95. The van der Waals surface area contributed by atoms with E-state index in [9.17, 15) is 10.1 Å². The summed E-state index contributed by atoms with van der Waals surface area (Å²) in [5.74, 6) is 1.58. The Balaban J connectivity index is 1.93. The Labute approximate surface area is 151 Å².